The second kappa shape index (κ2) is 8.31. The lowest BCUT2D eigenvalue weighted by Crippen LogP contribution is -1.91. The van der Waals surface area contributed by atoms with Crippen LogP contribution in [0.15, 0.2) is 114 Å². The molecule has 0 fully saturated rings. The topological polar surface area (TPSA) is 26.0 Å². The number of benzene rings is 4. The molecule has 0 atom stereocenters. The van der Waals surface area contributed by atoms with Crippen molar-refractivity contribution in [3.63, 3.8) is 0 Å². The van der Waals surface area contributed by atoms with E-state index in [2.05, 4.69) is 92.7 Å². The molecule has 0 unspecified atom stereocenters. The smallest absolute Gasteiger partial charge is 0.136 e. The predicted octanol–water partition coefficient (Wildman–Crippen LogP) is 9.11. The molecular formula is C32H25NO. The molecule has 0 spiro atoms. The van der Waals surface area contributed by atoms with Gasteiger partial charge in [0.1, 0.15) is 11.3 Å². The summed E-state index contributed by atoms with van der Waals surface area (Å²) in [6.07, 6.45) is 1.91. The van der Waals surface area contributed by atoms with Gasteiger partial charge in [-0.15, -0.1) is 0 Å². The van der Waals surface area contributed by atoms with E-state index in [9.17, 15) is 0 Å². The Balaban J connectivity index is 1.60. The van der Waals surface area contributed by atoms with Gasteiger partial charge in [-0.1, -0.05) is 92.7 Å². The SMILES string of the molecule is CC(C)c1ccc2c(-c3cc(-c4ccccc4)c4cc(-c5ccccc5)oc4c3)nccc2c1. The van der Waals surface area contributed by atoms with Gasteiger partial charge in [0, 0.05) is 28.1 Å². The minimum absolute atomic E-state index is 0.488. The lowest BCUT2D eigenvalue weighted by molar-refractivity contribution is 0.632. The third-order valence-electron chi connectivity index (χ3n) is 6.51. The van der Waals surface area contributed by atoms with E-state index in [-0.39, 0.29) is 0 Å². The first kappa shape index (κ1) is 20.4. The molecule has 2 nitrogen and oxygen atoms in total. The van der Waals surface area contributed by atoms with Crippen LogP contribution >= 0.6 is 0 Å². The number of nitrogens with zero attached hydrogens (tertiary/aromatic N) is 1. The van der Waals surface area contributed by atoms with E-state index in [0.717, 1.165) is 50.1 Å². The predicted molar refractivity (Wildman–Crippen MR) is 142 cm³/mol. The van der Waals surface area contributed by atoms with Crippen LogP contribution in [0.25, 0.3) is 55.4 Å². The Morgan fingerprint density at radius 1 is 0.647 bits per heavy atom. The minimum atomic E-state index is 0.488. The van der Waals surface area contributed by atoms with E-state index in [1.165, 1.54) is 10.9 Å². The molecule has 6 aromatic rings. The number of rotatable bonds is 4. The molecule has 0 radical (unpaired) electrons. The van der Waals surface area contributed by atoms with Gasteiger partial charge < -0.3 is 4.42 Å². The molecule has 0 N–H and O–H groups in total. The Morgan fingerprint density at radius 3 is 2.12 bits per heavy atom. The fourth-order valence-corrected chi connectivity index (χ4v) is 4.66. The van der Waals surface area contributed by atoms with Gasteiger partial charge in [-0.25, -0.2) is 0 Å². The minimum Gasteiger partial charge on any atom is -0.456 e. The number of hydrogen-bond donors (Lipinski definition) is 0. The fourth-order valence-electron chi connectivity index (χ4n) is 4.66. The fraction of sp³-hybridized carbons (Fsp3) is 0.0938. The van der Waals surface area contributed by atoms with Crippen molar-refractivity contribution in [2.75, 3.05) is 0 Å². The molecule has 0 saturated heterocycles. The standard InChI is InChI=1S/C32H25NO/c1-21(2)24-13-14-27-25(17-24)15-16-33-32(27)26-18-28(22-9-5-3-6-10-22)29-20-30(34-31(29)19-26)23-11-7-4-8-12-23/h3-21H,1-2H3. The first-order chi connectivity index (χ1) is 16.7. The molecular weight excluding hydrogens is 414 g/mol. The molecule has 6 rings (SSSR count). The van der Waals surface area contributed by atoms with Crippen molar-refractivity contribution in [2.24, 2.45) is 0 Å². The van der Waals surface area contributed by atoms with E-state index in [1.54, 1.807) is 0 Å². The van der Waals surface area contributed by atoms with Crippen molar-refractivity contribution in [3.05, 3.63) is 115 Å². The highest BCUT2D eigenvalue weighted by Crippen LogP contribution is 2.39. The van der Waals surface area contributed by atoms with E-state index in [0.29, 0.717) is 5.92 Å². The van der Waals surface area contributed by atoms with Crippen LogP contribution in [0.4, 0.5) is 0 Å². The maximum absolute atomic E-state index is 6.41. The summed E-state index contributed by atoms with van der Waals surface area (Å²) in [4.78, 5) is 4.82. The second-order valence-corrected chi connectivity index (χ2v) is 9.07. The molecule has 0 bridgehead atoms. The lowest BCUT2D eigenvalue weighted by Gasteiger charge is -2.12. The van der Waals surface area contributed by atoms with Gasteiger partial charge >= 0.3 is 0 Å². The molecule has 0 saturated carbocycles. The molecule has 0 aliphatic rings. The summed E-state index contributed by atoms with van der Waals surface area (Å²) >= 11 is 0. The number of hydrogen-bond acceptors (Lipinski definition) is 2. The van der Waals surface area contributed by atoms with Crippen molar-refractivity contribution < 1.29 is 4.42 Å². The zero-order valence-corrected chi connectivity index (χ0v) is 19.3. The molecule has 2 heterocycles. The van der Waals surface area contributed by atoms with Crippen molar-refractivity contribution in [2.45, 2.75) is 19.8 Å². The maximum Gasteiger partial charge on any atom is 0.136 e. The van der Waals surface area contributed by atoms with Crippen molar-refractivity contribution in [3.8, 4) is 33.7 Å². The summed E-state index contributed by atoms with van der Waals surface area (Å²) in [6.45, 7) is 4.45. The second-order valence-electron chi connectivity index (χ2n) is 9.07. The molecule has 164 valence electrons. The summed E-state index contributed by atoms with van der Waals surface area (Å²) in [5.41, 5.74) is 7.63. The van der Waals surface area contributed by atoms with Crippen LogP contribution in [0.1, 0.15) is 25.3 Å². The summed E-state index contributed by atoms with van der Waals surface area (Å²) in [5.74, 6) is 1.36. The van der Waals surface area contributed by atoms with Crippen LogP contribution in [-0.4, -0.2) is 4.98 Å². The maximum atomic E-state index is 6.41. The zero-order chi connectivity index (χ0) is 23.1. The Morgan fingerprint density at radius 2 is 1.38 bits per heavy atom. The van der Waals surface area contributed by atoms with Gasteiger partial charge in [-0.3, -0.25) is 4.98 Å². The van der Waals surface area contributed by atoms with Crippen molar-refractivity contribution in [1.29, 1.82) is 0 Å². The van der Waals surface area contributed by atoms with Crippen LogP contribution in [0.2, 0.25) is 0 Å². The summed E-state index contributed by atoms with van der Waals surface area (Å²) in [6, 6.07) is 36.1. The summed E-state index contributed by atoms with van der Waals surface area (Å²) < 4.78 is 6.41. The molecule has 0 aliphatic carbocycles. The van der Waals surface area contributed by atoms with Crippen LogP contribution in [0.3, 0.4) is 0 Å². The lowest BCUT2D eigenvalue weighted by atomic mass is 9.94. The largest absolute Gasteiger partial charge is 0.456 e. The van der Waals surface area contributed by atoms with Gasteiger partial charge in [0.15, 0.2) is 0 Å². The van der Waals surface area contributed by atoms with E-state index >= 15 is 0 Å². The highest BCUT2D eigenvalue weighted by atomic mass is 16.3. The summed E-state index contributed by atoms with van der Waals surface area (Å²) in [5, 5.41) is 3.47. The monoisotopic (exact) mass is 439 g/mol. The average Bonchev–Trinajstić information content (AvgIpc) is 3.33. The third-order valence-corrected chi connectivity index (χ3v) is 6.51. The Kier molecular flexibility index (Phi) is 5.00. The highest BCUT2D eigenvalue weighted by Gasteiger charge is 2.16. The molecule has 0 aliphatic heterocycles. The molecule has 2 aromatic heterocycles. The molecule has 4 aromatic carbocycles. The zero-order valence-electron chi connectivity index (χ0n) is 19.3. The highest BCUT2D eigenvalue weighted by molar-refractivity contribution is 6.02. The van der Waals surface area contributed by atoms with Gasteiger partial charge in [0.2, 0.25) is 0 Å². The molecule has 34 heavy (non-hydrogen) atoms. The van der Waals surface area contributed by atoms with Gasteiger partial charge in [0.05, 0.1) is 5.69 Å². The number of aromatic nitrogens is 1. The van der Waals surface area contributed by atoms with E-state index in [4.69, 9.17) is 9.40 Å². The van der Waals surface area contributed by atoms with Gasteiger partial charge in [0.25, 0.3) is 0 Å². The molecule has 0 amide bonds. The van der Waals surface area contributed by atoms with E-state index < -0.39 is 0 Å². The Labute approximate surface area is 199 Å². The van der Waals surface area contributed by atoms with Gasteiger partial charge in [-0.05, 0) is 52.3 Å². The van der Waals surface area contributed by atoms with Crippen LogP contribution < -0.4 is 0 Å². The van der Waals surface area contributed by atoms with Crippen LogP contribution in [0, 0.1) is 0 Å². The quantitative estimate of drug-likeness (QED) is 0.274. The Bertz CT molecular complexity index is 1610. The Hall–Kier alpha value is -4.17. The first-order valence-electron chi connectivity index (χ1n) is 11.7. The third kappa shape index (κ3) is 3.58. The average molecular weight is 440 g/mol. The number of pyridine rings is 1. The van der Waals surface area contributed by atoms with Crippen LogP contribution in [-0.2, 0) is 0 Å². The summed E-state index contributed by atoms with van der Waals surface area (Å²) in [7, 11) is 0. The first-order valence-corrected chi connectivity index (χ1v) is 11.7. The number of furan rings is 1. The number of fused-ring (bicyclic) bond motifs is 2. The van der Waals surface area contributed by atoms with E-state index in [1.807, 2.05) is 30.5 Å². The normalized spacial score (nSPS) is 11.5. The van der Waals surface area contributed by atoms with Crippen molar-refractivity contribution >= 4 is 21.7 Å². The van der Waals surface area contributed by atoms with Crippen LogP contribution in [0.5, 0.6) is 0 Å². The van der Waals surface area contributed by atoms with Crippen molar-refractivity contribution in [1.82, 2.24) is 4.98 Å². The van der Waals surface area contributed by atoms with Gasteiger partial charge in [-0.2, -0.15) is 0 Å². The molecule has 2 heteroatoms.